The van der Waals surface area contributed by atoms with Crippen LogP contribution in [-0.4, -0.2) is 18.7 Å². The summed E-state index contributed by atoms with van der Waals surface area (Å²) in [6.45, 7) is -0.562. The standard InChI is InChI=1S/C3H8N4O4/c4-6-3(9)10-1-2(8)11-7-5/h7H,1,4-5H2,(H,6,9). The molecule has 0 spiro atoms. The summed E-state index contributed by atoms with van der Waals surface area (Å²) in [6.07, 6.45) is -0.932. The summed E-state index contributed by atoms with van der Waals surface area (Å²) in [5.41, 5.74) is 3.26. The summed E-state index contributed by atoms with van der Waals surface area (Å²) in [5.74, 6) is 8.37. The highest BCUT2D eigenvalue weighted by Crippen LogP contribution is 1.77. The Kier molecular flexibility index (Phi) is 4.73. The average Bonchev–Trinajstić information content (AvgIpc) is 2.01. The van der Waals surface area contributed by atoms with E-state index in [1.807, 2.05) is 0 Å². The van der Waals surface area contributed by atoms with Crippen molar-refractivity contribution in [2.45, 2.75) is 0 Å². The van der Waals surface area contributed by atoms with Gasteiger partial charge in [-0.3, -0.25) is 5.43 Å². The van der Waals surface area contributed by atoms with Crippen LogP contribution in [-0.2, 0) is 14.4 Å². The minimum Gasteiger partial charge on any atom is -0.437 e. The van der Waals surface area contributed by atoms with Gasteiger partial charge in [0.25, 0.3) is 0 Å². The lowest BCUT2D eigenvalue weighted by Crippen LogP contribution is -2.34. The zero-order chi connectivity index (χ0) is 8.69. The Morgan fingerprint density at radius 2 is 2.00 bits per heavy atom. The molecule has 0 bridgehead atoms. The van der Waals surface area contributed by atoms with Gasteiger partial charge in [-0.25, -0.2) is 21.3 Å². The second-order valence-electron chi connectivity index (χ2n) is 1.31. The van der Waals surface area contributed by atoms with Crippen LogP contribution in [0.3, 0.4) is 0 Å². The highest BCUT2D eigenvalue weighted by atomic mass is 16.7. The summed E-state index contributed by atoms with van der Waals surface area (Å²) in [4.78, 5) is 24.5. The van der Waals surface area contributed by atoms with Crippen LogP contribution in [0, 0.1) is 0 Å². The first-order chi connectivity index (χ1) is 5.20. The fraction of sp³-hybridized carbons (Fsp3) is 0.333. The molecule has 0 saturated heterocycles. The summed E-state index contributed by atoms with van der Waals surface area (Å²) in [7, 11) is 0. The molecule has 1 amide bonds. The number of amides is 1. The monoisotopic (exact) mass is 164 g/mol. The van der Waals surface area contributed by atoms with Gasteiger partial charge in [-0.05, 0) is 0 Å². The number of carbonyl (C=O) groups excluding carboxylic acids is 2. The molecule has 0 rings (SSSR count). The van der Waals surface area contributed by atoms with Crippen LogP contribution in [0.5, 0.6) is 0 Å². The quantitative estimate of drug-likeness (QED) is 0.206. The molecule has 0 atom stereocenters. The summed E-state index contributed by atoms with van der Waals surface area (Å²) in [6, 6.07) is 0. The number of ether oxygens (including phenoxy) is 1. The number of carbonyl (C=O) groups is 2. The topological polar surface area (TPSA) is 129 Å². The maximum Gasteiger partial charge on any atom is 0.421 e. The van der Waals surface area contributed by atoms with Gasteiger partial charge in [0.15, 0.2) is 6.61 Å². The highest BCUT2D eigenvalue weighted by molar-refractivity contribution is 5.74. The summed E-state index contributed by atoms with van der Waals surface area (Å²) >= 11 is 0. The number of nitrogens with two attached hydrogens (primary N) is 2. The number of hydrogen-bond donors (Lipinski definition) is 4. The van der Waals surface area contributed by atoms with Crippen LogP contribution >= 0.6 is 0 Å². The number of nitrogens with one attached hydrogen (secondary N) is 2. The van der Waals surface area contributed by atoms with Crippen molar-refractivity contribution in [1.29, 1.82) is 0 Å². The second kappa shape index (κ2) is 5.41. The van der Waals surface area contributed by atoms with Crippen LogP contribution in [0.15, 0.2) is 0 Å². The van der Waals surface area contributed by atoms with Gasteiger partial charge in [-0.1, -0.05) is 5.59 Å². The molecule has 8 heteroatoms. The normalized spacial score (nSPS) is 8.55. The smallest absolute Gasteiger partial charge is 0.421 e. The third kappa shape index (κ3) is 5.08. The fourth-order valence-corrected chi connectivity index (χ4v) is 0.261. The van der Waals surface area contributed by atoms with E-state index in [0.717, 1.165) is 0 Å². The van der Waals surface area contributed by atoms with Crippen LogP contribution in [0.2, 0.25) is 0 Å². The van der Waals surface area contributed by atoms with Crippen molar-refractivity contribution in [2.75, 3.05) is 6.61 Å². The van der Waals surface area contributed by atoms with Crippen LogP contribution < -0.4 is 22.7 Å². The van der Waals surface area contributed by atoms with Crippen molar-refractivity contribution in [1.82, 2.24) is 11.0 Å². The molecule has 8 nitrogen and oxygen atoms in total. The molecule has 0 aromatic heterocycles. The van der Waals surface area contributed by atoms with Gasteiger partial charge >= 0.3 is 12.1 Å². The lowest BCUT2D eigenvalue weighted by atomic mass is 10.7. The molecule has 0 fully saturated rings. The van der Waals surface area contributed by atoms with Gasteiger partial charge in [0.05, 0.1) is 0 Å². The fourth-order valence-electron chi connectivity index (χ4n) is 0.261. The van der Waals surface area contributed by atoms with Crippen LogP contribution in [0.4, 0.5) is 4.79 Å². The van der Waals surface area contributed by atoms with Crippen molar-refractivity contribution in [2.24, 2.45) is 11.7 Å². The third-order valence-electron chi connectivity index (χ3n) is 0.612. The Morgan fingerprint density at radius 3 is 2.45 bits per heavy atom. The van der Waals surface area contributed by atoms with E-state index in [-0.39, 0.29) is 0 Å². The van der Waals surface area contributed by atoms with Gasteiger partial charge in [0.1, 0.15) is 0 Å². The van der Waals surface area contributed by atoms with E-state index in [9.17, 15) is 9.59 Å². The first-order valence-corrected chi connectivity index (χ1v) is 2.49. The van der Waals surface area contributed by atoms with Gasteiger partial charge in [-0.15, -0.1) is 0 Å². The maximum atomic E-state index is 10.4. The molecule has 0 radical (unpaired) electrons. The molecule has 0 aliphatic heterocycles. The Labute approximate surface area is 61.7 Å². The van der Waals surface area contributed by atoms with Crippen LogP contribution in [0.25, 0.3) is 0 Å². The minimum atomic E-state index is -0.932. The predicted molar refractivity (Wildman–Crippen MR) is 32.1 cm³/mol. The zero-order valence-corrected chi connectivity index (χ0v) is 5.49. The molecule has 0 aromatic rings. The Hall–Kier alpha value is -1.38. The van der Waals surface area contributed by atoms with E-state index in [4.69, 9.17) is 0 Å². The molecule has 0 unspecified atom stereocenters. The van der Waals surface area contributed by atoms with Crippen molar-refractivity contribution < 1.29 is 19.2 Å². The molecule has 6 N–H and O–H groups in total. The van der Waals surface area contributed by atoms with E-state index in [1.165, 1.54) is 0 Å². The van der Waals surface area contributed by atoms with Crippen molar-refractivity contribution in [3.05, 3.63) is 0 Å². The second-order valence-corrected chi connectivity index (χ2v) is 1.31. The SMILES string of the molecule is NNOC(=O)COC(=O)NN. The first kappa shape index (κ1) is 9.62. The lowest BCUT2D eigenvalue weighted by Gasteiger charge is -2.01. The number of hydrazine groups is 2. The third-order valence-corrected chi connectivity index (χ3v) is 0.612. The van der Waals surface area contributed by atoms with Crippen molar-refractivity contribution in [3.8, 4) is 0 Å². The largest absolute Gasteiger partial charge is 0.437 e. The summed E-state index contributed by atoms with van der Waals surface area (Å²) < 4.78 is 4.16. The molecule has 11 heavy (non-hydrogen) atoms. The van der Waals surface area contributed by atoms with Gasteiger partial charge in [0, 0.05) is 0 Å². The van der Waals surface area contributed by atoms with E-state index in [1.54, 1.807) is 11.0 Å². The molecule has 0 aliphatic rings. The molecule has 0 heterocycles. The predicted octanol–water partition coefficient (Wildman–Crippen LogP) is -2.49. The van der Waals surface area contributed by atoms with Gasteiger partial charge in [-0.2, -0.15) is 0 Å². The van der Waals surface area contributed by atoms with Gasteiger partial charge in [0.2, 0.25) is 0 Å². The Bertz CT molecular complexity index is 148. The van der Waals surface area contributed by atoms with Crippen molar-refractivity contribution >= 4 is 12.1 Å². The minimum absolute atomic E-state index is 0.562. The zero-order valence-electron chi connectivity index (χ0n) is 5.49. The van der Waals surface area contributed by atoms with E-state index in [0.29, 0.717) is 0 Å². The van der Waals surface area contributed by atoms with E-state index < -0.39 is 18.7 Å². The number of hydrogen-bond acceptors (Lipinski definition) is 7. The Morgan fingerprint density at radius 1 is 1.36 bits per heavy atom. The molecule has 0 saturated carbocycles. The van der Waals surface area contributed by atoms with Gasteiger partial charge < -0.3 is 9.57 Å². The molecule has 0 aromatic carbocycles. The summed E-state index contributed by atoms with van der Waals surface area (Å²) in [5, 5.41) is 0. The molecular formula is C3H8N4O4. The van der Waals surface area contributed by atoms with Crippen molar-refractivity contribution in [3.63, 3.8) is 0 Å². The van der Waals surface area contributed by atoms with Crippen LogP contribution in [0.1, 0.15) is 0 Å². The maximum absolute atomic E-state index is 10.4. The molecule has 64 valence electrons. The molecule has 0 aliphatic carbocycles. The first-order valence-electron chi connectivity index (χ1n) is 2.49. The average molecular weight is 164 g/mol. The van der Waals surface area contributed by atoms with E-state index >= 15 is 0 Å². The molecular weight excluding hydrogens is 156 g/mol. The number of rotatable bonds is 3. The lowest BCUT2D eigenvalue weighted by molar-refractivity contribution is -0.154. The van der Waals surface area contributed by atoms with E-state index in [2.05, 4.69) is 21.3 Å². The Balaban J connectivity index is 3.38. The highest BCUT2D eigenvalue weighted by Gasteiger charge is 2.05.